The molecule has 0 aliphatic carbocycles. The lowest BCUT2D eigenvalue weighted by Crippen LogP contribution is -2.45. The van der Waals surface area contributed by atoms with E-state index in [-0.39, 0.29) is 18.5 Å². The fourth-order valence-electron chi connectivity index (χ4n) is 1.83. The molecule has 1 aromatic heterocycles. The Morgan fingerprint density at radius 3 is 2.70 bits per heavy atom. The summed E-state index contributed by atoms with van der Waals surface area (Å²) in [6.45, 7) is 4.45. The summed E-state index contributed by atoms with van der Waals surface area (Å²) in [6.07, 6.45) is 2.46. The molecule has 0 aliphatic rings. The molecule has 0 aliphatic heterocycles. The zero-order valence-electron chi connectivity index (χ0n) is 12.2. The Kier molecular flexibility index (Phi) is 6.02. The summed E-state index contributed by atoms with van der Waals surface area (Å²) in [5, 5.41) is 15.7. The van der Waals surface area contributed by atoms with Crippen molar-refractivity contribution in [1.82, 2.24) is 20.0 Å². The number of rotatable bonds is 7. The fraction of sp³-hybridized carbons (Fsp3) is 0.615. The van der Waals surface area contributed by atoms with Crippen LogP contribution in [0.5, 0.6) is 0 Å². The van der Waals surface area contributed by atoms with E-state index < -0.39 is 5.97 Å². The van der Waals surface area contributed by atoms with Crippen LogP contribution >= 0.6 is 0 Å². The Morgan fingerprint density at radius 1 is 1.50 bits per heavy atom. The van der Waals surface area contributed by atoms with E-state index in [0.29, 0.717) is 19.5 Å². The maximum absolute atomic E-state index is 11.9. The number of carbonyl (C=O) groups excluding carboxylic acids is 1. The van der Waals surface area contributed by atoms with Crippen LogP contribution in [-0.4, -0.2) is 51.4 Å². The largest absolute Gasteiger partial charge is 0.480 e. The molecule has 2 N–H and O–H groups in total. The SMILES string of the molecule is CC(C)CN(CC(=O)O)C(=O)NCCc1ccn(C)n1. The number of carboxylic acid groups (broad SMARTS) is 1. The quantitative estimate of drug-likeness (QED) is 0.771. The van der Waals surface area contributed by atoms with E-state index in [1.165, 1.54) is 4.90 Å². The minimum Gasteiger partial charge on any atom is -0.480 e. The number of amides is 2. The van der Waals surface area contributed by atoms with Gasteiger partial charge >= 0.3 is 12.0 Å². The van der Waals surface area contributed by atoms with Gasteiger partial charge in [0.25, 0.3) is 0 Å². The van der Waals surface area contributed by atoms with Gasteiger partial charge in [-0.3, -0.25) is 9.48 Å². The molecular formula is C13H22N4O3. The van der Waals surface area contributed by atoms with Gasteiger partial charge in [0.05, 0.1) is 5.69 Å². The van der Waals surface area contributed by atoms with Crippen molar-refractivity contribution in [2.45, 2.75) is 20.3 Å². The minimum atomic E-state index is -1.01. The lowest BCUT2D eigenvalue weighted by Gasteiger charge is -2.22. The Labute approximate surface area is 118 Å². The number of hydrogen-bond acceptors (Lipinski definition) is 3. The predicted octanol–water partition coefficient (Wildman–Crippen LogP) is 0.715. The van der Waals surface area contributed by atoms with E-state index in [1.807, 2.05) is 33.2 Å². The zero-order chi connectivity index (χ0) is 15.1. The third-order valence-corrected chi connectivity index (χ3v) is 2.63. The van der Waals surface area contributed by atoms with Gasteiger partial charge in [-0.15, -0.1) is 0 Å². The van der Waals surface area contributed by atoms with Crippen LogP contribution in [0.4, 0.5) is 4.79 Å². The Hall–Kier alpha value is -2.05. The summed E-state index contributed by atoms with van der Waals surface area (Å²) >= 11 is 0. The van der Waals surface area contributed by atoms with Crippen molar-refractivity contribution in [2.24, 2.45) is 13.0 Å². The van der Waals surface area contributed by atoms with E-state index in [1.54, 1.807) is 4.68 Å². The average Bonchev–Trinajstić information content (AvgIpc) is 2.73. The van der Waals surface area contributed by atoms with E-state index in [9.17, 15) is 9.59 Å². The number of nitrogens with zero attached hydrogens (tertiary/aromatic N) is 3. The summed E-state index contributed by atoms with van der Waals surface area (Å²) in [7, 11) is 1.83. The van der Waals surface area contributed by atoms with Crippen LogP contribution in [0.3, 0.4) is 0 Å². The van der Waals surface area contributed by atoms with Crippen molar-refractivity contribution < 1.29 is 14.7 Å². The van der Waals surface area contributed by atoms with Crippen molar-refractivity contribution in [3.8, 4) is 0 Å². The Bertz CT molecular complexity index is 456. The summed E-state index contributed by atoms with van der Waals surface area (Å²) < 4.78 is 1.70. The molecule has 0 saturated carbocycles. The topological polar surface area (TPSA) is 87.5 Å². The van der Waals surface area contributed by atoms with Gasteiger partial charge in [-0.2, -0.15) is 5.10 Å². The van der Waals surface area contributed by atoms with Crippen LogP contribution in [0, 0.1) is 5.92 Å². The number of aliphatic carboxylic acids is 1. The summed E-state index contributed by atoms with van der Waals surface area (Å²) in [5.41, 5.74) is 0.890. The van der Waals surface area contributed by atoms with Crippen molar-refractivity contribution in [3.05, 3.63) is 18.0 Å². The molecule has 7 nitrogen and oxygen atoms in total. The number of aromatic nitrogens is 2. The first kappa shape index (κ1) is 16.0. The van der Waals surface area contributed by atoms with E-state index in [2.05, 4.69) is 10.4 Å². The molecule has 20 heavy (non-hydrogen) atoms. The van der Waals surface area contributed by atoms with Crippen LogP contribution in [0.25, 0.3) is 0 Å². The molecule has 0 bridgehead atoms. The standard InChI is InChI=1S/C13H22N4O3/c1-10(2)8-17(9-12(18)19)13(20)14-6-4-11-5-7-16(3)15-11/h5,7,10H,4,6,8-9H2,1-3H3,(H,14,20)(H,18,19). The Balaban J connectivity index is 2.42. The van der Waals surface area contributed by atoms with Gasteiger partial charge in [0.15, 0.2) is 0 Å². The third-order valence-electron chi connectivity index (χ3n) is 2.63. The molecule has 0 spiro atoms. The first-order valence-electron chi connectivity index (χ1n) is 6.61. The molecule has 1 rings (SSSR count). The summed E-state index contributed by atoms with van der Waals surface area (Å²) in [4.78, 5) is 24.0. The van der Waals surface area contributed by atoms with Crippen molar-refractivity contribution in [3.63, 3.8) is 0 Å². The van der Waals surface area contributed by atoms with E-state index in [4.69, 9.17) is 5.11 Å². The minimum absolute atomic E-state index is 0.218. The highest BCUT2D eigenvalue weighted by atomic mass is 16.4. The van der Waals surface area contributed by atoms with E-state index in [0.717, 1.165) is 5.69 Å². The number of carboxylic acids is 1. The molecule has 0 aromatic carbocycles. The molecule has 0 radical (unpaired) electrons. The van der Waals surface area contributed by atoms with Gasteiger partial charge in [-0.05, 0) is 12.0 Å². The second kappa shape index (κ2) is 7.52. The van der Waals surface area contributed by atoms with Crippen LogP contribution < -0.4 is 5.32 Å². The van der Waals surface area contributed by atoms with Gasteiger partial charge in [-0.25, -0.2) is 4.79 Å². The Morgan fingerprint density at radius 2 is 2.20 bits per heavy atom. The third kappa shape index (κ3) is 5.73. The fourth-order valence-corrected chi connectivity index (χ4v) is 1.83. The smallest absolute Gasteiger partial charge is 0.323 e. The molecule has 112 valence electrons. The van der Waals surface area contributed by atoms with Gasteiger partial charge in [0, 0.05) is 32.8 Å². The van der Waals surface area contributed by atoms with Crippen LogP contribution in [-0.2, 0) is 18.3 Å². The normalized spacial score (nSPS) is 10.6. The average molecular weight is 282 g/mol. The lowest BCUT2D eigenvalue weighted by atomic mass is 10.2. The van der Waals surface area contributed by atoms with Crippen molar-refractivity contribution in [2.75, 3.05) is 19.6 Å². The highest BCUT2D eigenvalue weighted by Crippen LogP contribution is 2.00. The number of urea groups is 1. The van der Waals surface area contributed by atoms with Gasteiger partial charge < -0.3 is 15.3 Å². The first-order valence-corrected chi connectivity index (χ1v) is 6.61. The van der Waals surface area contributed by atoms with Crippen molar-refractivity contribution in [1.29, 1.82) is 0 Å². The molecule has 0 saturated heterocycles. The van der Waals surface area contributed by atoms with Crippen LogP contribution in [0.2, 0.25) is 0 Å². The predicted molar refractivity (Wildman–Crippen MR) is 74.4 cm³/mol. The molecule has 0 unspecified atom stereocenters. The highest BCUT2D eigenvalue weighted by molar-refractivity contribution is 5.80. The number of nitrogens with one attached hydrogen (secondary N) is 1. The number of hydrogen-bond donors (Lipinski definition) is 2. The summed E-state index contributed by atoms with van der Waals surface area (Å²) in [6, 6.07) is 1.53. The monoisotopic (exact) mass is 282 g/mol. The zero-order valence-corrected chi connectivity index (χ0v) is 12.2. The second-order valence-electron chi connectivity index (χ2n) is 5.13. The van der Waals surface area contributed by atoms with Crippen LogP contribution in [0.1, 0.15) is 19.5 Å². The molecule has 0 fully saturated rings. The van der Waals surface area contributed by atoms with Gasteiger partial charge in [-0.1, -0.05) is 13.8 Å². The maximum atomic E-state index is 11.9. The van der Waals surface area contributed by atoms with Gasteiger partial charge in [0.2, 0.25) is 0 Å². The maximum Gasteiger partial charge on any atom is 0.323 e. The van der Waals surface area contributed by atoms with Crippen LogP contribution in [0.15, 0.2) is 12.3 Å². The molecule has 7 heteroatoms. The first-order chi connectivity index (χ1) is 9.38. The molecule has 2 amide bonds. The summed E-state index contributed by atoms with van der Waals surface area (Å²) in [5.74, 6) is -0.790. The number of carbonyl (C=O) groups is 2. The molecule has 0 atom stereocenters. The van der Waals surface area contributed by atoms with Crippen molar-refractivity contribution >= 4 is 12.0 Å². The highest BCUT2D eigenvalue weighted by Gasteiger charge is 2.17. The van der Waals surface area contributed by atoms with Gasteiger partial charge in [0.1, 0.15) is 6.54 Å². The second-order valence-corrected chi connectivity index (χ2v) is 5.13. The van der Waals surface area contributed by atoms with E-state index >= 15 is 0 Å². The molecule has 1 heterocycles. The molecular weight excluding hydrogens is 260 g/mol. The number of aryl methyl sites for hydroxylation is 1. The molecule has 1 aromatic rings. The lowest BCUT2D eigenvalue weighted by molar-refractivity contribution is -0.137.